The zero-order chi connectivity index (χ0) is 27.1. The van der Waals surface area contributed by atoms with E-state index in [0.29, 0.717) is 22.7 Å². The Labute approximate surface area is 228 Å². The molecule has 0 saturated heterocycles. The molecule has 0 spiro atoms. The van der Waals surface area contributed by atoms with Gasteiger partial charge in [0, 0.05) is 23.1 Å². The summed E-state index contributed by atoms with van der Waals surface area (Å²) in [5.74, 6) is -1.56. The average molecular weight is 531 g/mol. The highest BCUT2D eigenvalue weighted by atomic mass is 35.5. The number of nitrogens with one attached hydrogen (secondary N) is 1. The third-order valence-electron chi connectivity index (χ3n) is 6.69. The van der Waals surface area contributed by atoms with E-state index >= 15 is 0 Å². The number of halogens is 1. The van der Waals surface area contributed by atoms with E-state index < -0.39 is 11.9 Å². The summed E-state index contributed by atoms with van der Waals surface area (Å²) in [4.78, 5) is 41.0. The standard InChI is InChI=1S/C31H31ClN2O4/c1-3-38-31(37)30-21(2)34(29(36)19-26(30)24-15-10-16-25(32)18-24)20-28(35)33-27(23-13-8-5-9-14-23)17-22-11-6-4-7-12-22/h4-16,18,26-27H,3,17,19-20H2,1-2H3,(H,33,35). The zero-order valence-electron chi connectivity index (χ0n) is 21.5. The van der Waals surface area contributed by atoms with Crippen molar-refractivity contribution in [1.82, 2.24) is 10.2 Å². The number of esters is 1. The second-order valence-corrected chi connectivity index (χ2v) is 9.67. The van der Waals surface area contributed by atoms with Gasteiger partial charge in [-0.1, -0.05) is 84.4 Å². The molecule has 2 atom stereocenters. The van der Waals surface area contributed by atoms with Crippen LogP contribution in [0.15, 0.2) is 96.2 Å². The summed E-state index contributed by atoms with van der Waals surface area (Å²) >= 11 is 6.20. The fourth-order valence-corrected chi connectivity index (χ4v) is 5.05. The van der Waals surface area contributed by atoms with Crippen LogP contribution in [0.5, 0.6) is 0 Å². The molecule has 1 aliphatic heterocycles. The zero-order valence-corrected chi connectivity index (χ0v) is 22.3. The normalized spacial score (nSPS) is 16.2. The van der Waals surface area contributed by atoms with Crippen molar-refractivity contribution in [2.24, 2.45) is 0 Å². The first-order valence-electron chi connectivity index (χ1n) is 12.7. The summed E-state index contributed by atoms with van der Waals surface area (Å²) in [6.45, 7) is 3.42. The van der Waals surface area contributed by atoms with Crippen LogP contribution >= 0.6 is 11.6 Å². The Hall–Kier alpha value is -3.90. The minimum atomic E-state index is -0.505. The molecule has 2 amide bonds. The Morgan fingerprint density at radius 1 is 1.03 bits per heavy atom. The van der Waals surface area contributed by atoms with Crippen molar-refractivity contribution in [3.63, 3.8) is 0 Å². The third kappa shape index (κ3) is 6.50. The molecule has 4 rings (SSSR count). The van der Waals surface area contributed by atoms with Gasteiger partial charge < -0.3 is 15.0 Å². The van der Waals surface area contributed by atoms with Gasteiger partial charge in [0.15, 0.2) is 0 Å². The van der Waals surface area contributed by atoms with Gasteiger partial charge in [-0.3, -0.25) is 9.59 Å². The molecule has 0 bridgehead atoms. The summed E-state index contributed by atoms with van der Waals surface area (Å²) in [6.07, 6.45) is 0.634. The average Bonchev–Trinajstić information content (AvgIpc) is 2.91. The molecule has 6 nitrogen and oxygen atoms in total. The lowest BCUT2D eigenvalue weighted by molar-refractivity contribution is -0.141. The Bertz CT molecular complexity index is 1320. The van der Waals surface area contributed by atoms with E-state index in [-0.39, 0.29) is 37.4 Å². The van der Waals surface area contributed by atoms with E-state index in [1.54, 1.807) is 32.0 Å². The maximum absolute atomic E-state index is 13.3. The molecule has 3 aromatic rings. The molecule has 0 saturated carbocycles. The maximum Gasteiger partial charge on any atom is 0.336 e. The monoisotopic (exact) mass is 530 g/mol. The summed E-state index contributed by atoms with van der Waals surface area (Å²) in [6, 6.07) is 26.5. The Balaban J connectivity index is 1.60. The molecular weight excluding hydrogens is 500 g/mol. The first-order valence-corrected chi connectivity index (χ1v) is 13.1. The largest absolute Gasteiger partial charge is 0.463 e. The van der Waals surface area contributed by atoms with Crippen LogP contribution < -0.4 is 5.32 Å². The summed E-state index contributed by atoms with van der Waals surface area (Å²) in [7, 11) is 0. The number of rotatable bonds is 9. The number of nitrogens with zero attached hydrogens (tertiary/aromatic N) is 1. The van der Waals surface area contributed by atoms with Crippen molar-refractivity contribution >= 4 is 29.4 Å². The second kappa shape index (κ2) is 12.6. The number of ether oxygens (including phenoxy) is 1. The lowest BCUT2D eigenvalue weighted by Gasteiger charge is -2.34. The van der Waals surface area contributed by atoms with Crippen LogP contribution in [0, 0.1) is 0 Å². The predicted molar refractivity (Wildman–Crippen MR) is 147 cm³/mol. The highest BCUT2D eigenvalue weighted by Gasteiger charge is 2.37. The van der Waals surface area contributed by atoms with Crippen molar-refractivity contribution in [2.75, 3.05) is 13.2 Å². The topological polar surface area (TPSA) is 75.7 Å². The molecule has 38 heavy (non-hydrogen) atoms. The molecule has 1 N–H and O–H groups in total. The minimum Gasteiger partial charge on any atom is -0.463 e. The maximum atomic E-state index is 13.3. The first-order chi connectivity index (χ1) is 18.4. The number of amides is 2. The highest BCUT2D eigenvalue weighted by molar-refractivity contribution is 6.30. The summed E-state index contributed by atoms with van der Waals surface area (Å²) in [5.41, 5.74) is 3.59. The van der Waals surface area contributed by atoms with Crippen molar-refractivity contribution < 1.29 is 19.1 Å². The number of carbonyl (C=O) groups excluding carboxylic acids is 3. The van der Waals surface area contributed by atoms with E-state index in [4.69, 9.17) is 16.3 Å². The molecule has 1 heterocycles. The number of allylic oxidation sites excluding steroid dienone is 1. The molecule has 2 unspecified atom stereocenters. The number of hydrogen-bond acceptors (Lipinski definition) is 4. The summed E-state index contributed by atoms with van der Waals surface area (Å²) < 4.78 is 5.34. The number of carbonyl (C=O) groups is 3. The number of benzene rings is 3. The molecule has 196 valence electrons. The van der Waals surface area contributed by atoms with Crippen LogP contribution in [0.3, 0.4) is 0 Å². The van der Waals surface area contributed by atoms with Crippen LogP contribution in [-0.2, 0) is 25.5 Å². The van der Waals surface area contributed by atoms with Gasteiger partial charge in [0.2, 0.25) is 11.8 Å². The van der Waals surface area contributed by atoms with Crippen LogP contribution in [0.4, 0.5) is 0 Å². The molecule has 0 aliphatic carbocycles. The van der Waals surface area contributed by atoms with Crippen LogP contribution in [0.25, 0.3) is 0 Å². The number of hydrogen-bond donors (Lipinski definition) is 1. The molecular formula is C31H31ClN2O4. The van der Waals surface area contributed by atoms with Gasteiger partial charge in [-0.15, -0.1) is 0 Å². The van der Waals surface area contributed by atoms with Crippen LogP contribution in [-0.4, -0.2) is 35.8 Å². The Morgan fingerprint density at radius 2 is 1.71 bits per heavy atom. The molecule has 0 aromatic heterocycles. The highest BCUT2D eigenvalue weighted by Crippen LogP contribution is 2.37. The molecule has 3 aromatic carbocycles. The third-order valence-corrected chi connectivity index (χ3v) is 6.93. The van der Waals surface area contributed by atoms with Crippen molar-refractivity contribution in [3.8, 4) is 0 Å². The smallest absolute Gasteiger partial charge is 0.336 e. The van der Waals surface area contributed by atoms with Crippen LogP contribution in [0.2, 0.25) is 5.02 Å². The summed E-state index contributed by atoms with van der Waals surface area (Å²) in [5, 5.41) is 3.62. The first kappa shape index (κ1) is 27.1. The van der Waals surface area contributed by atoms with Crippen molar-refractivity contribution in [1.29, 1.82) is 0 Å². The molecule has 7 heteroatoms. The second-order valence-electron chi connectivity index (χ2n) is 9.23. The minimum absolute atomic E-state index is 0.0330. The van der Waals surface area contributed by atoms with E-state index in [2.05, 4.69) is 5.32 Å². The van der Waals surface area contributed by atoms with E-state index in [1.807, 2.05) is 66.7 Å². The van der Waals surface area contributed by atoms with Gasteiger partial charge in [-0.2, -0.15) is 0 Å². The fourth-order valence-electron chi connectivity index (χ4n) is 4.86. The molecule has 0 fully saturated rings. The predicted octanol–water partition coefficient (Wildman–Crippen LogP) is 5.59. The van der Waals surface area contributed by atoms with E-state index in [1.165, 1.54) is 4.90 Å². The van der Waals surface area contributed by atoms with Crippen molar-refractivity contribution in [3.05, 3.63) is 118 Å². The quantitative estimate of drug-likeness (QED) is 0.366. The lowest BCUT2D eigenvalue weighted by Crippen LogP contribution is -2.45. The lowest BCUT2D eigenvalue weighted by atomic mass is 9.83. The van der Waals surface area contributed by atoms with Gasteiger partial charge in [0.1, 0.15) is 6.54 Å². The van der Waals surface area contributed by atoms with E-state index in [9.17, 15) is 14.4 Å². The van der Waals surface area contributed by atoms with Gasteiger partial charge >= 0.3 is 5.97 Å². The Morgan fingerprint density at radius 3 is 2.37 bits per heavy atom. The van der Waals surface area contributed by atoms with Gasteiger partial charge in [-0.05, 0) is 49.1 Å². The molecule has 1 aliphatic rings. The van der Waals surface area contributed by atoms with Crippen LogP contribution in [0.1, 0.15) is 48.9 Å². The Kier molecular flexibility index (Phi) is 8.98. The molecule has 0 radical (unpaired) electrons. The SMILES string of the molecule is CCOC(=O)C1=C(C)N(CC(=O)NC(Cc2ccccc2)c2ccccc2)C(=O)CC1c1cccc(Cl)c1. The van der Waals surface area contributed by atoms with Gasteiger partial charge in [-0.25, -0.2) is 4.79 Å². The van der Waals surface area contributed by atoms with Crippen molar-refractivity contribution in [2.45, 2.75) is 38.6 Å². The fraction of sp³-hybridized carbons (Fsp3) is 0.258. The van der Waals surface area contributed by atoms with Gasteiger partial charge in [0.25, 0.3) is 0 Å². The van der Waals surface area contributed by atoms with Gasteiger partial charge in [0.05, 0.1) is 18.2 Å². The van der Waals surface area contributed by atoms with E-state index in [0.717, 1.165) is 16.7 Å².